The van der Waals surface area contributed by atoms with Crippen molar-refractivity contribution >= 4 is 28.5 Å². The number of alkyl halides is 3. The second-order valence-electron chi connectivity index (χ2n) is 11.4. The van der Waals surface area contributed by atoms with Gasteiger partial charge in [0.15, 0.2) is 0 Å². The third-order valence-electron chi connectivity index (χ3n) is 9.01. The lowest BCUT2D eigenvalue weighted by Gasteiger charge is -2.39. The second-order valence-corrected chi connectivity index (χ2v) is 11.4. The molecule has 2 aliphatic carbocycles. The maximum atomic E-state index is 14.8. The van der Waals surface area contributed by atoms with Crippen LogP contribution in [0.4, 0.5) is 18.9 Å². The Kier molecular flexibility index (Phi) is 6.56. The molecule has 3 heterocycles. The standard InChI is InChI=1S/C30H30F3N5O2/c1-37-16-22(24-20-9-10-21(24)15-38(14-20)29(40)18-6-2-3-7-18)25-26(30(31,32)33)23(13-35-27(25)37)36-28(39)19-8-4-5-17(11-19)12-34/h4-5,8,11,13,16,18,20-21,24H,2-3,6-7,9-10,14-15H2,1H3,(H,36,39)/t20-,21+,24+. The van der Waals surface area contributed by atoms with Gasteiger partial charge in [0.1, 0.15) is 5.65 Å². The van der Waals surface area contributed by atoms with Gasteiger partial charge in [-0.1, -0.05) is 18.9 Å². The molecule has 0 unspecified atom stereocenters. The van der Waals surface area contributed by atoms with Crippen LogP contribution in [0.3, 0.4) is 0 Å². The number of carbonyl (C=O) groups excluding carboxylic acids is 2. The van der Waals surface area contributed by atoms with Crippen molar-refractivity contribution in [1.29, 1.82) is 5.26 Å². The number of piperidine rings is 1. The molecule has 1 saturated heterocycles. The lowest BCUT2D eigenvalue weighted by Crippen LogP contribution is -2.46. The summed E-state index contributed by atoms with van der Waals surface area (Å²) in [7, 11) is 1.69. The van der Waals surface area contributed by atoms with E-state index in [1.165, 1.54) is 24.3 Å². The van der Waals surface area contributed by atoms with E-state index >= 15 is 0 Å². The number of aromatic nitrogens is 2. The van der Waals surface area contributed by atoms with Gasteiger partial charge in [0, 0.05) is 43.2 Å². The van der Waals surface area contributed by atoms with Crippen molar-refractivity contribution in [2.75, 3.05) is 18.4 Å². The van der Waals surface area contributed by atoms with Crippen molar-refractivity contribution in [2.24, 2.45) is 24.8 Å². The molecule has 2 bridgehead atoms. The van der Waals surface area contributed by atoms with E-state index in [1.54, 1.807) is 17.8 Å². The Labute approximate surface area is 230 Å². The molecule has 2 saturated carbocycles. The van der Waals surface area contributed by atoms with E-state index in [0.29, 0.717) is 18.7 Å². The smallest absolute Gasteiger partial charge is 0.342 e. The molecule has 208 valence electrons. The fourth-order valence-electron chi connectivity index (χ4n) is 7.28. The molecule has 3 fully saturated rings. The van der Waals surface area contributed by atoms with Gasteiger partial charge >= 0.3 is 6.18 Å². The first-order chi connectivity index (χ1) is 19.2. The lowest BCUT2D eigenvalue weighted by atomic mass is 9.79. The van der Waals surface area contributed by atoms with Crippen LogP contribution < -0.4 is 5.32 Å². The predicted molar refractivity (Wildman–Crippen MR) is 142 cm³/mol. The van der Waals surface area contributed by atoms with Crippen molar-refractivity contribution in [3.05, 3.63) is 58.9 Å². The van der Waals surface area contributed by atoms with E-state index in [2.05, 4.69) is 10.3 Å². The number of amides is 2. The predicted octanol–water partition coefficient (Wildman–Crippen LogP) is 5.86. The number of anilines is 1. The number of hydrogen-bond acceptors (Lipinski definition) is 4. The van der Waals surface area contributed by atoms with Crippen molar-refractivity contribution < 1.29 is 22.8 Å². The number of hydrogen-bond donors (Lipinski definition) is 1. The lowest BCUT2D eigenvalue weighted by molar-refractivity contribution is -0.137. The molecule has 7 nitrogen and oxygen atoms in total. The first-order valence-electron chi connectivity index (χ1n) is 13.8. The summed E-state index contributed by atoms with van der Waals surface area (Å²) in [4.78, 5) is 32.4. The molecule has 3 aromatic rings. The third-order valence-corrected chi connectivity index (χ3v) is 9.01. The Morgan fingerprint density at radius 3 is 2.45 bits per heavy atom. The quantitative estimate of drug-likeness (QED) is 0.442. The zero-order valence-electron chi connectivity index (χ0n) is 22.2. The average molecular weight is 550 g/mol. The van der Waals surface area contributed by atoms with Gasteiger partial charge in [-0.15, -0.1) is 0 Å². The summed E-state index contributed by atoms with van der Waals surface area (Å²) in [6, 6.07) is 7.74. The van der Waals surface area contributed by atoms with Crippen LogP contribution in [-0.4, -0.2) is 39.4 Å². The number of rotatable bonds is 4. The van der Waals surface area contributed by atoms with Gasteiger partial charge in [0.25, 0.3) is 5.91 Å². The molecule has 3 aliphatic rings. The van der Waals surface area contributed by atoms with Crippen molar-refractivity contribution in [1.82, 2.24) is 14.5 Å². The van der Waals surface area contributed by atoms with Crippen LogP contribution in [0.25, 0.3) is 11.0 Å². The fraction of sp³-hybridized carbons (Fsp3) is 0.467. The van der Waals surface area contributed by atoms with E-state index in [9.17, 15) is 22.8 Å². The van der Waals surface area contributed by atoms with Crippen molar-refractivity contribution in [2.45, 2.75) is 50.6 Å². The molecule has 1 aromatic carbocycles. The Hall–Kier alpha value is -3.87. The summed E-state index contributed by atoms with van der Waals surface area (Å²) in [5.41, 5.74) is -0.229. The van der Waals surface area contributed by atoms with E-state index in [1.807, 2.05) is 11.0 Å². The van der Waals surface area contributed by atoms with Crippen LogP contribution in [0.5, 0.6) is 0 Å². The number of aryl methyl sites for hydroxylation is 1. The van der Waals surface area contributed by atoms with Gasteiger partial charge < -0.3 is 14.8 Å². The molecule has 6 rings (SSSR count). The summed E-state index contributed by atoms with van der Waals surface area (Å²) in [6.45, 7) is 1.13. The number of halogens is 3. The van der Waals surface area contributed by atoms with Crippen molar-refractivity contribution in [3.63, 3.8) is 0 Å². The van der Waals surface area contributed by atoms with Crippen LogP contribution in [0, 0.1) is 29.1 Å². The molecule has 0 radical (unpaired) electrons. The van der Waals surface area contributed by atoms with E-state index in [4.69, 9.17) is 5.26 Å². The van der Waals surface area contributed by atoms with Gasteiger partial charge in [-0.25, -0.2) is 4.98 Å². The Balaban J connectivity index is 1.38. The molecule has 40 heavy (non-hydrogen) atoms. The van der Waals surface area contributed by atoms with Crippen LogP contribution in [0.2, 0.25) is 0 Å². The zero-order valence-corrected chi connectivity index (χ0v) is 22.2. The number of pyridine rings is 1. The number of nitrogens with zero attached hydrogens (tertiary/aromatic N) is 4. The minimum atomic E-state index is -4.76. The summed E-state index contributed by atoms with van der Waals surface area (Å²) >= 11 is 0. The highest BCUT2D eigenvalue weighted by atomic mass is 19.4. The SMILES string of the molecule is Cn1cc([C@H]2[C@@H]3CC[C@H]2CN(C(=O)C2CCCC2)C3)c2c(C(F)(F)F)c(NC(=O)c3cccc(C#N)c3)cnc21. The molecule has 3 atom stereocenters. The van der Waals surface area contributed by atoms with E-state index in [-0.39, 0.29) is 51.7 Å². The highest BCUT2D eigenvalue weighted by Crippen LogP contribution is 2.52. The van der Waals surface area contributed by atoms with Crippen LogP contribution >= 0.6 is 0 Å². The molecule has 0 spiro atoms. The van der Waals surface area contributed by atoms with Crippen molar-refractivity contribution in [3.8, 4) is 6.07 Å². The van der Waals surface area contributed by atoms with Gasteiger partial charge in [0.05, 0.1) is 29.1 Å². The largest absolute Gasteiger partial charge is 0.419 e. The van der Waals surface area contributed by atoms with E-state index in [0.717, 1.165) is 44.7 Å². The van der Waals surface area contributed by atoms with Gasteiger partial charge in [-0.05, 0) is 67.2 Å². The number of carbonyl (C=O) groups is 2. The molecular formula is C30H30F3N5O2. The number of likely N-dealkylation sites (tertiary alicyclic amines) is 1. The summed E-state index contributed by atoms with van der Waals surface area (Å²) in [5.74, 6) is -0.452. The summed E-state index contributed by atoms with van der Waals surface area (Å²) < 4.78 is 45.9. The summed E-state index contributed by atoms with van der Waals surface area (Å²) in [5, 5.41) is 11.6. The minimum Gasteiger partial charge on any atom is -0.342 e. The van der Waals surface area contributed by atoms with Gasteiger partial charge in [0.2, 0.25) is 5.91 Å². The number of fused-ring (bicyclic) bond motifs is 3. The molecule has 1 aliphatic heterocycles. The van der Waals surface area contributed by atoms with Crippen LogP contribution in [-0.2, 0) is 18.0 Å². The molecule has 2 aromatic heterocycles. The molecule has 2 amide bonds. The van der Waals surface area contributed by atoms with Gasteiger partial charge in [-0.3, -0.25) is 9.59 Å². The highest BCUT2D eigenvalue weighted by molar-refractivity contribution is 6.06. The van der Waals surface area contributed by atoms with Gasteiger partial charge in [-0.2, -0.15) is 18.4 Å². The normalized spacial score (nSPS) is 23.0. The average Bonchev–Trinajstić information content (AvgIpc) is 3.64. The molecule has 1 N–H and O–H groups in total. The number of nitrogens with one attached hydrogen (secondary N) is 1. The molecular weight excluding hydrogens is 519 g/mol. The van der Waals surface area contributed by atoms with Crippen LogP contribution in [0.1, 0.15) is 71.5 Å². The monoisotopic (exact) mass is 549 g/mol. The Bertz CT molecular complexity index is 1520. The molecule has 10 heteroatoms. The first kappa shape index (κ1) is 26.4. The number of nitriles is 1. The third kappa shape index (κ3) is 4.51. The zero-order chi connectivity index (χ0) is 28.2. The fourth-order valence-corrected chi connectivity index (χ4v) is 7.28. The topological polar surface area (TPSA) is 91.0 Å². The minimum absolute atomic E-state index is 0.0102. The highest BCUT2D eigenvalue weighted by Gasteiger charge is 2.47. The van der Waals surface area contributed by atoms with E-state index < -0.39 is 23.3 Å². The summed E-state index contributed by atoms with van der Waals surface area (Å²) in [6.07, 6.45) is 3.77. The maximum absolute atomic E-state index is 14.8. The number of benzene rings is 1. The maximum Gasteiger partial charge on any atom is 0.419 e. The van der Waals surface area contributed by atoms with Crippen LogP contribution in [0.15, 0.2) is 36.7 Å². The second kappa shape index (κ2) is 9.95. The Morgan fingerprint density at radius 2 is 1.80 bits per heavy atom. The first-order valence-corrected chi connectivity index (χ1v) is 13.8. The Morgan fingerprint density at radius 1 is 1.10 bits per heavy atom.